The molecule has 0 radical (unpaired) electrons. The summed E-state index contributed by atoms with van der Waals surface area (Å²) >= 11 is 6.17. The lowest BCUT2D eigenvalue weighted by Crippen LogP contribution is -2.10. The van der Waals surface area contributed by atoms with E-state index in [1.54, 1.807) is 24.7 Å². The summed E-state index contributed by atoms with van der Waals surface area (Å²) in [5.41, 5.74) is 9.16. The molecular formula is C11H13ClN4. The van der Waals surface area contributed by atoms with Gasteiger partial charge in [0.1, 0.15) is 0 Å². The minimum absolute atomic E-state index is 0.511. The van der Waals surface area contributed by atoms with Crippen LogP contribution < -0.4 is 5.73 Å². The summed E-state index contributed by atoms with van der Waals surface area (Å²) in [5.74, 6) is 0. The van der Waals surface area contributed by atoms with Crippen LogP contribution in [0.15, 0.2) is 24.7 Å². The van der Waals surface area contributed by atoms with Crippen LogP contribution in [0.2, 0.25) is 0 Å². The summed E-state index contributed by atoms with van der Waals surface area (Å²) in [6, 6.07) is 1.80. The predicted octanol–water partition coefficient (Wildman–Crippen LogP) is 2.53. The highest BCUT2D eigenvalue weighted by molar-refractivity contribution is 6.23. The Bertz CT molecular complexity index is 485. The smallest absolute Gasteiger partial charge is 0.0810 e. The molecular weight excluding hydrogens is 224 g/mol. The first-order valence-corrected chi connectivity index (χ1v) is 5.30. The number of hydrogen-bond acceptors (Lipinski definition) is 3. The lowest BCUT2D eigenvalue weighted by atomic mass is 10.0. The number of nitrogen functional groups attached to an aromatic ring is 1. The molecule has 0 amide bonds. The van der Waals surface area contributed by atoms with Crippen LogP contribution in [0.3, 0.4) is 0 Å². The number of hydrogen-bond donors (Lipinski definition) is 2. The van der Waals surface area contributed by atoms with Crippen LogP contribution >= 0.6 is 11.6 Å². The number of alkyl halides is 1. The van der Waals surface area contributed by atoms with Gasteiger partial charge in [-0.05, 0) is 19.9 Å². The molecule has 2 aromatic rings. The molecule has 3 N–H and O–H groups in total. The summed E-state index contributed by atoms with van der Waals surface area (Å²) in [6.07, 6.45) is 5.21. The minimum atomic E-state index is -0.511. The van der Waals surface area contributed by atoms with E-state index in [0.717, 1.165) is 16.8 Å². The van der Waals surface area contributed by atoms with Crippen molar-refractivity contribution >= 4 is 17.3 Å². The molecule has 0 aromatic carbocycles. The van der Waals surface area contributed by atoms with E-state index in [0.29, 0.717) is 5.69 Å². The third kappa shape index (κ3) is 2.02. The van der Waals surface area contributed by atoms with Crippen molar-refractivity contribution in [2.45, 2.75) is 18.7 Å². The number of rotatable bonds is 2. The number of pyridine rings is 1. The molecule has 2 rings (SSSR count). The molecule has 0 aliphatic rings. The molecule has 2 heterocycles. The van der Waals surface area contributed by atoms with E-state index in [2.05, 4.69) is 15.2 Å². The molecule has 2 aromatic heterocycles. The maximum atomic E-state index is 6.17. The van der Waals surface area contributed by atoms with Crippen LogP contribution in [-0.2, 0) is 4.87 Å². The van der Waals surface area contributed by atoms with Gasteiger partial charge in [0.2, 0.25) is 0 Å². The van der Waals surface area contributed by atoms with E-state index in [-0.39, 0.29) is 0 Å². The highest BCUT2D eigenvalue weighted by Gasteiger charge is 2.19. The Labute approximate surface area is 98.8 Å². The maximum absolute atomic E-state index is 6.17. The third-order valence-corrected chi connectivity index (χ3v) is 2.55. The topological polar surface area (TPSA) is 67.6 Å². The second-order valence-electron chi connectivity index (χ2n) is 4.12. The van der Waals surface area contributed by atoms with Crippen LogP contribution in [0, 0.1) is 0 Å². The average Bonchev–Trinajstić information content (AvgIpc) is 2.69. The van der Waals surface area contributed by atoms with E-state index in [9.17, 15) is 0 Å². The highest BCUT2D eigenvalue weighted by atomic mass is 35.5. The van der Waals surface area contributed by atoms with Gasteiger partial charge in [0.25, 0.3) is 0 Å². The lowest BCUT2D eigenvalue weighted by Gasteiger charge is -2.16. The van der Waals surface area contributed by atoms with E-state index in [1.807, 2.05) is 13.8 Å². The Morgan fingerprint density at radius 1 is 1.38 bits per heavy atom. The normalized spacial score (nSPS) is 11.7. The number of nitrogens with zero attached hydrogens (tertiary/aromatic N) is 2. The van der Waals surface area contributed by atoms with E-state index >= 15 is 0 Å². The number of anilines is 1. The largest absolute Gasteiger partial charge is 0.398 e. The van der Waals surface area contributed by atoms with Crippen molar-refractivity contribution in [2.24, 2.45) is 0 Å². The fourth-order valence-electron chi connectivity index (χ4n) is 1.44. The SMILES string of the molecule is CC(C)(Cl)c1cc(N)c(-c2cn[nH]c2)cn1. The second kappa shape index (κ2) is 3.79. The molecule has 0 atom stereocenters. The molecule has 0 spiro atoms. The molecule has 0 fully saturated rings. The van der Waals surface area contributed by atoms with Gasteiger partial charge in [0.05, 0.1) is 16.8 Å². The van der Waals surface area contributed by atoms with Crippen LogP contribution in [0.25, 0.3) is 11.1 Å². The Morgan fingerprint density at radius 3 is 2.62 bits per heavy atom. The van der Waals surface area contributed by atoms with Gasteiger partial charge in [-0.1, -0.05) is 0 Å². The van der Waals surface area contributed by atoms with Crippen LogP contribution in [0.5, 0.6) is 0 Å². The van der Waals surface area contributed by atoms with E-state index < -0.39 is 4.87 Å². The van der Waals surface area contributed by atoms with Gasteiger partial charge in [-0.2, -0.15) is 5.10 Å². The summed E-state index contributed by atoms with van der Waals surface area (Å²) in [4.78, 5) is 3.80. The van der Waals surface area contributed by atoms with Crippen molar-refractivity contribution in [3.8, 4) is 11.1 Å². The summed E-state index contributed by atoms with van der Waals surface area (Å²) < 4.78 is 0. The predicted molar refractivity (Wildman–Crippen MR) is 65.1 cm³/mol. The third-order valence-electron chi connectivity index (χ3n) is 2.35. The Balaban J connectivity index is 2.46. The molecule has 0 aliphatic heterocycles. The molecule has 16 heavy (non-hydrogen) atoms. The molecule has 0 aliphatic carbocycles. The van der Waals surface area contributed by atoms with Gasteiger partial charge in [-0.25, -0.2) is 0 Å². The van der Waals surface area contributed by atoms with Gasteiger partial charge in [-0.3, -0.25) is 10.1 Å². The summed E-state index contributed by atoms with van der Waals surface area (Å²) in [5, 5.41) is 6.62. The molecule has 0 bridgehead atoms. The summed E-state index contributed by atoms with van der Waals surface area (Å²) in [7, 11) is 0. The number of nitrogens with two attached hydrogens (primary N) is 1. The zero-order chi connectivity index (χ0) is 11.8. The van der Waals surface area contributed by atoms with Gasteiger partial charge in [0, 0.05) is 29.2 Å². The zero-order valence-corrected chi connectivity index (χ0v) is 9.92. The van der Waals surface area contributed by atoms with Crippen LogP contribution in [0.4, 0.5) is 5.69 Å². The fourth-order valence-corrected chi connectivity index (χ4v) is 1.54. The number of aromatic nitrogens is 3. The monoisotopic (exact) mass is 236 g/mol. The molecule has 84 valence electrons. The highest BCUT2D eigenvalue weighted by Crippen LogP contribution is 2.31. The number of nitrogens with one attached hydrogen (secondary N) is 1. The molecule has 5 heteroatoms. The van der Waals surface area contributed by atoms with Crippen molar-refractivity contribution in [1.82, 2.24) is 15.2 Å². The van der Waals surface area contributed by atoms with Gasteiger partial charge >= 0.3 is 0 Å². The number of aromatic amines is 1. The molecule has 0 saturated heterocycles. The maximum Gasteiger partial charge on any atom is 0.0810 e. The fraction of sp³-hybridized carbons (Fsp3) is 0.273. The van der Waals surface area contributed by atoms with Gasteiger partial charge in [0.15, 0.2) is 0 Å². The molecule has 4 nitrogen and oxygen atoms in total. The van der Waals surface area contributed by atoms with Gasteiger partial charge in [-0.15, -0.1) is 11.6 Å². The Morgan fingerprint density at radius 2 is 2.12 bits per heavy atom. The quantitative estimate of drug-likeness (QED) is 0.788. The minimum Gasteiger partial charge on any atom is -0.398 e. The second-order valence-corrected chi connectivity index (χ2v) is 5.06. The standard InChI is InChI=1S/C11H13ClN4/c1-11(2,12)10-3-9(13)8(6-14-10)7-4-15-16-5-7/h3-6H,1-2H3,(H2,13,14)(H,15,16). The zero-order valence-electron chi connectivity index (χ0n) is 9.16. The number of halogens is 1. The Hall–Kier alpha value is -1.55. The van der Waals surface area contributed by atoms with Crippen molar-refractivity contribution in [3.63, 3.8) is 0 Å². The summed E-state index contributed by atoms with van der Waals surface area (Å²) in [6.45, 7) is 3.77. The first kappa shape index (κ1) is 11.0. The van der Waals surface area contributed by atoms with E-state index in [4.69, 9.17) is 17.3 Å². The lowest BCUT2D eigenvalue weighted by molar-refractivity contribution is 0.733. The van der Waals surface area contributed by atoms with Gasteiger partial charge < -0.3 is 5.73 Å². The average molecular weight is 237 g/mol. The van der Waals surface area contributed by atoms with Crippen molar-refractivity contribution in [1.29, 1.82) is 0 Å². The van der Waals surface area contributed by atoms with Crippen molar-refractivity contribution in [3.05, 3.63) is 30.4 Å². The number of H-pyrrole nitrogens is 1. The van der Waals surface area contributed by atoms with Crippen LogP contribution in [0.1, 0.15) is 19.5 Å². The molecule has 0 unspecified atom stereocenters. The molecule has 0 saturated carbocycles. The van der Waals surface area contributed by atoms with Crippen molar-refractivity contribution in [2.75, 3.05) is 5.73 Å². The Kier molecular flexibility index (Phi) is 2.59. The van der Waals surface area contributed by atoms with Crippen molar-refractivity contribution < 1.29 is 0 Å². The van der Waals surface area contributed by atoms with E-state index in [1.165, 1.54) is 0 Å². The first-order valence-electron chi connectivity index (χ1n) is 4.92. The van der Waals surface area contributed by atoms with Crippen LogP contribution in [-0.4, -0.2) is 15.2 Å². The first-order chi connectivity index (χ1) is 7.48.